The molecule has 2 heterocycles. The first kappa shape index (κ1) is 27.5. The molecule has 2 N–H and O–H groups in total. The molecule has 39 heavy (non-hydrogen) atoms. The first-order chi connectivity index (χ1) is 19.2. The van der Waals surface area contributed by atoms with E-state index < -0.39 is 0 Å². The van der Waals surface area contributed by atoms with Crippen molar-refractivity contribution in [2.24, 2.45) is 0 Å². The van der Waals surface area contributed by atoms with Crippen molar-refractivity contribution >= 4 is 21.6 Å². The fourth-order valence-electron chi connectivity index (χ4n) is 3.90. The van der Waals surface area contributed by atoms with Gasteiger partial charge in [-0.1, -0.05) is 119 Å². The summed E-state index contributed by atoms with van der Waals surface area (Å²) in [7, 11) is 0. The number of pyridine rings is 2. The molecule has 0 amide bonds. The van der Waals surface area contributed by atoms with Crippen molar-refractivity contribution in [3.63, 3.8) is 0 Å². The van der Waals surface area contributed by atoms with Gasteiger partial charge in [-0.2, -0.15) is 0 Å². The molecule has 0 radical (unpaired) electrons. The van der Waals surface area contributed by atoms with Crippen molar-refractivity contribution in [3.8, 4) is 22.3 Å². The zero-order chi connectivity index (χ0) is 27.1. The number of nitrogen functional groups attached to an aromatic ring is 1. The molecule has 0 atom stereocenters. The Morgan fingerprint density at radius 2 is 1.03 bits per heavy atom. The summed E-state index contributed by atoms with van der Waals surface area (Å²) in [6.45, 7) is 0. The first-order valence-electron chi connectivity index (χ1n) is 12.7. The molecule has 0 spiro atoms. The summed E-state index contributed by atoms with van der Waals surface area (Å²) < 4.78 is 1.12. The summed E-state index contributed by atoms with van der Waals surface area (Å²) in [5.74, 6) is 0. The Morgan fingerprint density at radius 3 is 1.54 bits per heavy atom. The lowest BCUT2D eigenvalue weighted by Crippen LogP contribution is -1.89. The van der Waals surface area contributed by atoms with Crippen LogP contribution < -0.4 is 5.73 Å². The van der Waals surface area contributed by atoms with Gasteiger partial charge in [-0.15, -0.1) is 0 Å². The van der Waals surface area contributed by atoms with Gasteiger partial charge in [0.05, 0.1) is 5.69 Å². The van der Waals surface area contributed by atoms with Crippen molar-refractivity contribution in [2.75, 3.05) is 5.73 Å². The van der Waals surface area contributed by atoms with Crippen molar-refractivity contribution in [2.45, 2.75) is 6.42 Å². The molecule has 4 heteroatoms. The van der Waals surface area contributed by atoms with Crippen LogP contribution >= 0.6 is 15.9 Å². The van der Waals surface area contributed by atoms with Crippen LogP contribution in [-0.4, -0.2) is 9.97 Å². The lowest BCUT2D eigenvalue weighted by Gasteiger charge is -2.05. The van der Waals surface area contributed by atoms with E-state index in [1.807, 2.05) is 42.7 Å². The van der Waals surface area contributed by atoms with Crippen molar-refractivity contribution in [3.05, 3.63) is 174 Å². The monoisotopic (exact) mass is 571 g/mol. The van der Waals surface area contributed by atoms with Crippen LogP contribution in [0.15, 0.2) is 163 Å². The molecule has 0 aliphatic rings. The molecule has 6 aromatic rings. The molecule has 0 saturated heterocycles. The molecule has 0 saturated carbocycles. The largest absolute Gasteiger partial charge is 0.397 e. The Morgan fingerprint density at radius 1 is 0.487 bits per heavy atom. The summed E-state index contributed by atoms with van der Waals surface area (Å²) >= 11 is 3.46. The molecule has 0 aliphatic heterocycles. The molecule has 4 aromatic carbocycles. The first-order valence-corrected chi connectivity index (χ1v) is 13.5. The maximum atomic E-state index is 5.30. The van der Waals surface area contributed by atoms with Crippen molar-refractivity contribution < 1.29 is 0 Å². The predicted octanol–water partition coefficient (Wildman–Crippen LogP) is 9.12. The molecular formula is C35H30BrN3. The molecule has 3 nitrogen and oxygen atoms in total. The molecule has 0 fully saturated rings. The Kier molecular flexibility index (Phi) is 10.6. The minimum atomic E-state index is 0.711. The van der Waals surface area contributed by atoms with E-state index in [1.54, 1.807) is 24.5 Å². The molecule has 6 rings (SSSR count). The Balaban J connectivity index is 0.000000152. The van der Waals surface area contributed by atoms with Gasteiger partial charge in [0.25, 0.3) is 0 Å². The highest BCUT2D eigenvalue weighted by molar-refractivity contribution is 9.10. The maximum absolute atomic E-state index is 5.30. The van der Waals surface area contributed by atoms with Gasteiger partial charge in [0, 0.05) is 29.3 Å². The van der Waals surface area contributed by atoms with Crippen molar-refractivity contribution in [1.29, 1.82) is 0 Å². The number of aromatic nitrogens is 2. The van der Waals surface area contributed by atoms with Crippen molar-refractivity contribution in [1.82, 2.24) is 9.97 Å². The lowest BCUT2D eigenvalue weighted by molar-refractivity contribution is 1.15. The fraction of sp³-hybridized carbons (Fsp3) is 0.0286. The number of hydrogen-bond acceptors (Lipinski definition) is 3. The fourth-order valence-corrected chi connectivity index (χ4v) is 4.30. The maximum Gasteiger partial charge on any atom is 0.0500 e. The van der Waals surface area contributed by atoms with Gasteiger partial charge in [-0.3, -0.25) is 9.97 Å². The third kappa shape index (κ3) is 9.37. The number of nitrogens with two attached hydrogens (primary N) is 1. The van der Waals surface area contributed by atoms with E-state index in [1.165, 1.54) is 33.4 Å². The van der Waals surface area contributed by atoms with Gasteiger partial charge in [0.15, 0.2) is 0 Å². The number of nitrogens with zero attached hydrogens (tertiary/aromatic N) is 2. The van der Waals surface area contributed by atoms with Gasteiger partial charge >= 0.3 is 0 Å². The predicted molar refractivity (Wildman–Crippen MR) is 167 cm³/mol. The molecule has 0 aliphatic carbocycles. The molecule has 0 bridgehead atoms. The van der Waals surface area contributed by atoms with Gasteiger partial charge < -0.3 is 5.73 Å². The Labute approximate surface area is 239 Å². The van der Waals surface area contributed by atoms with Gasteiger partial charge in [-0.05, 0) is 70.1 Å². The molecule has 0 unspecified atom stereocenters. The van der Waals surface area contributed by atoms with E-state index in [-0.39, 0.29) is 0 Å². The summed E-state index contributed by atoms with van der Waals surface area (Å²) in [5, 5.41) is 0. The smallest absolute Gasteiger partial charge is 0.0500 e. The second-order valence-electron chi connectivity index (χ2n) is 8.77. The zero-order valence-corrected chi connectivity index (χ0v) is 23.2. The summed E-state index contributed by atoms with van der Waals surface area (Å²) in [4.78, 5) is 7.92. The average molecular weight is 573 g/mol. The molecule has 2 aromatic heterocycles. The van der Waals surface area contributed by atoms with Gasteiger partial charge in [0.2, 0.25) is 0 Å². The number of anilines is 1. The van der Waals surface area contributed by atoms with E-state index in [4.69, 9.17) is 5.73 Å². The van der Waals surface area contributed by atoms with Crippen LogP contribution in [0.25, 0.3) is 22.3 Å². The minimum absolute atomic E-state index is 0.711. The van der Waals surface area contributed by atoms with Crippen LogP contribution in [0.5, 0.6) is 0 Å². The third-order valence-corrected chi connectivity index (χ3v) is 6.27. The minimum Gasteiger partial charge on any atom is -0.397 e. The number of hydrogen-bond donors (Lipinski definition) is 1. The number of rotatable bonds is 4. The highest BCUT2D eigenvalue weighted by atomic mass is 79.9. The summed E-state index contributed by atoms with van der Waals surface area (Å²) in [6, 6.07) is 45.5. The quantitative estimate of drug-likeness (QED) is 0.229. The van der Waals surface area contributed by atoms with Crippen LogP contribution in [0.3, 0.4) is 0 Å². The number of benzene rings is 4. The normalized spacial score (nSPS) is 9.87. The topological polar surface area (TPSA) is 51.8 Å². The van der Waals surface area contributed by atoms with Crippen LogP contribution in [0.1, 0.15) is 11.1 Å². The lowest BCUT2D eigenvalue weighted by atomic mass is 10.00. The van der Waals surface area contributed by atoms with Crippen LogP contribution in [0.4, 0.5) is 5.69 Å². The van der Waals surface area contributed by atoms with E-state index in [0.29, 0.717) is 5.69 Å². The zero-order valence-electron chi connectivity index (χ0n) is 21.6. The van der Waals surface area contributed by atoms with E-state index in [9.17, 15) is 0 Å². The van der Waals surface area contributed by atoms with E-state index >= 15 is 0 Å². The molecule has 192 valence electrons. The van der Waals surface area contributed by atoms with Crippen LogP contribution in [0, 0.1) is 0 Å². The SMILES string of the molecule is Brc1cccc(-c2ccccc2)c1.Nc1cccnc1.c1ccc(-c2cccc(Cc3cccnc3)c2)cc1. The van der Waals surface area contributed by atoms with Gasteiger partial charge in [-0.25, -0.2) is 0 Å². The highest BCUT2D eigenvalue weighted by Gasteiger charge is 2.00. The number of halogens is 1. The van der Waals surface area contributed by atoms with Crippen LogP contribution in [0.2, 0.25) is 0 Å². The second-order valence-corrected chi connectivity index (χ2v) is 9.68. The Bertz CT molecular complexity index is 1520. The second kappa shape index (κ2) is 15.0. The molecular weight excluding hydrogens is 542 g/mol. The standard InChI is InChI=1S/C18H15N.C12H9Br.C5H6N2/c1-2-8-17(9-3-1)18-10-4-6-15(13-18)12-16-7-5-11-19-14-16;13-12-8-4-7-11(9-12)10-5-2-1-3-6-10;6-5-2-1-3-7-4-5/h1-11,13-14H,12H2;1-9H;1-4H,6H2. The van der Waals surface area contributed by atoms with Crippen LogP contribution in [-0.2, 0) is 6.42 Å². The average Bonchev–Trinajstić information content (AvgIpc) is 3.00. The third-order valence-electron chi connectivity index (χ3n) is 5.78. The Hall–Kier alpha value is -4.54. The highest BCUT2D eigenvalue weighted by Crippen LogP contribution is 2.22. The summed E-state index contributed by atoms with van der Waals surface area (Å²) in [5.41, 5.74) is 13.6. The summed E-state index contributed by atoms with van der Waals surface area (Å²) in [6.07, 6.45) is 7.96. The van der Waals surface area contributed by atoms with E-state index in [0.717, 1.165) is 10.9 Å². The van der Waals surface area contributed by atoms with E-state index in [2.05, 4.69) is 117 Å². The van der Waals surface area contributed by atoms with Gasteiger partial charge in [0.1, 0.15) is 0 Å².